The summed E-state index contributed by atoms with van der Waals surface area (Å²) in [4.78, 5) is 4.32. The van der Waals surface area contributed by atoms with Crippen LogP contribution in [0.2, 0.25) is 5.02 Å². The highest BCUT2D eigenvalue weighted by molar-refractivity contribution is 6.31. The number of halogens is 2. The van der Waals surface area contributed by atoms with E-state index in [9.17, 15) is 4.39 Å². The van der Waals surface area contributed by atoms with E-state index in [2.05, 4.69) is 29.3 Å². The van der Waals surface area contributed by atoms with Crippen molar-refractivity contribution in [2.24, 2.45) is 0 Å². The van der Waals surface area contributed by atoms with Crippen LogP contribution >= 0.6 is 11.6 Å². The SMILES string of the molecule is CCNC(CC)Cc1nc(-c2ccc(F)c(Cl)c2)no1. The van der Waals surface area contributed by atoms with Crippen molar-refractivity contribution in [2.45, 2.75) is 32.7 Å². The molecule has 1 heterocycles. The summed E-state index contributed by atoms with van der Waals surface area (Å²) in [6.07, 6.45) is 1.65. The quantitative estimate of drug-likeness (QED) is 0.887. The van der Waals surface area contributed by atoms with E-state index in [0.717, 1.165) is 13.0 Å². The Labute approximate surface area is 122 Å². The third kappa shape index (κ3) is 3.55. The summed E-state index contributed by atoms with van der Waals surface area (Å²) in [5.41, 5.74) is 0.642. The Morgan fingerprint density at radius 2 is 2.20 bits per heavy atom. The minimum absolute atomic E-state index is 0.0490. The molecule has 0 aliphatic rings. The largest absolute Gasteiger partial charge is 0.339 e. The molecule has 0 saturated carbocycles. The van der Waals surface area contributed by atoms with E-state index in [1.165, 1.54) is 12.1 Å². The number of aromatic nitrogens is 2. The topological polar surface area (TPSA) is 51.0 Å². The summed E-state index contributed by atoms with van der Waals surface area (Å²) < 4.78 is 18.3. The zero-order valence-electron chi connectivity index (χ0n) is 11.5. The molecule has 108 valence electrons. The van der Waals surface area contributed by atoms with Gasteiger partial charge in [0, 0.05) is 18.0 Å². The molecule has 1 N–H and O–H groups in total. The number of hydrogen-bond acceptors (Lipinski definition) is 4. The molecule has 0 radical (unpaired) electrons. The fraction of sp³-hybridized carbons (Fsp3) is 0.429. The lowest BCUT2D eigenvalue weighted by Crippen LogP contribution is -2.30. The zero-order chi connectivity index (χ0) is 14.5. The molecule has 2 rings (SSSR count). The molecule has 0 spiro atoms. The van der Waals surface area contributed by atoms with Crippen molar-refractivity contribution in [3.63, 3.8) is 0 Å². The highest BCUT2D eigenvalue weighted by Crippen LogP contribution is 2.23. The first kappa shape index (κ1) is 14.9. The van der Waals surface area contributed by atoms with Crippen LogP contribution in [0.3, 0.4) is 0 Å². The lowest BCUT2D eigenvalue weighted by atomic mass is 10.1. The Bertz CT molecular complexity index is 573. The van der Waals surface area contributed by atoms with Crippen molar-refractivity contribution in [1.82, 2.24) is 15.5 Å². The molecule has 6 heteroatoms. The van der Waals surface area contributed by atoms with Gasteiger partial charge in [0.2, 0.25) is 11.7 Å². The van der Waals surface area contributed by atoms with Crippen molar-refractivity contribution in [3.8, 4) is 11.4 Å². The number of nitrogens with zero attached hydrogens (tertiary/aromatic N) is 2. The number of rotatable bonds is 6. The summed E-state index contributed by atoms with van der Waals surface area (Å²) in [6, 6.07) is 4.68. The molecule has 0 fully saturated rings. The Morgan fingerprint density at radius 1 is 1.40 bits per heavy atom. The van der Waals surface area contributed by atoms with E-state index in [1.807, 2.05) is 0 Å². The Morgan fingerprint density at radius 3 is 2.85 bits per heavy atom. The highest BCUT2D eigenvalue weighted by Gasteiger charge is 2.14. The third-order valence-corrected chi connectivity index (χ3v) is 3.34. The van der Waals surface area contributed by atoms with Crippen LogP contribution in [0.25, 0.3) is 11.4 Å². The standard InChI is InChI=1S/C14H17ClFN3O/c1-3-10(17-4-2)8-13-18-14(19-20-13)9-5-6-12(16)11(15)7-9/h5-7,10,17H,3-4,8H2,1-2H3. The van der Waals surface area contributed by atoms with Gasteiger partial charge in [-0.05, 0) is 31.2 Å². The summed E-state index contributed by atoms with van der Waals surface area (Å²) in [5, 5.41) is 7.31. The van der Waals surface area contributed by atoms with Gasteiger partial charge in [-0.1, -0.05) is 30.6 Å². The van der Waals surface area contributed by atoms with E-state index in [1.54, 1.807) is 6.07 Å². The van der Waals surface area contributed by atoms with Gasteiger partial charge in [0.25, 0.3) is 0 Å². The van der Waals surface area contributed by atoms with Gasteiger partial charge in [0.15, 0.2) is 0 Å². The van der Waals surface area contributed by atoms with Gasteiger partial charge in [-0.15, -0.1) is 0 Å². The molecule has 2 aromatic rings. The van der Waals surface area contributed by atoms with Crippen LogP contribution in [0.5, 0.6) is 0 Å². The van der Waals surface area contributed by atoms with Gasteiger partial charge >= 0.3 is 0 Å². The summed E-state index contributed by atoms with van der Waals surface area (Å²) in [5.74, 6) is 0.527. The normalized spacial score (nSPS) is 12.6. The first-order valence-electron chi connectivity index (χ1n) is 6.65. The maximum absolute atomic E-state index is 13.1. The average molecular weight is 298 g/mol. The molecule has 1 aromatic heterocycles. The number of nitrogens with one attached hydrogen (secondary N) is 1. The van der Waals surface area contributed by atoms with Gasteiger partial charge in [-0.3, -0.25) is 0 Å². The highest BCUT2D eigenvalue weighted by atomic mass is 35.5. The fourth-order valence-electron chi connectivity index (χ4n) is 1.95. The van der Waals surface area contributed by atoms with Gasteiger partial charge in [0.1, 0.15) is 5.82 Å². The molecule has 1 aromatic carbocycles. The molecular formula is C14H17ClFN3O. The van der Waals surface area contributed by atoms with Gasteiger partial charge in [-0.2, -0.15) is 4.98 Å². The van der Waals surface area contributed by atoms with E-state index < -0.39 is 5.82 Å². The molecule has 0 aliphatic carbocycles. The van der Waals surface area contributed by atoms with Crippen LogP contribution in [0.15, 0.2) is 22.7 Å². The molecular weight excluding hydrogens is 281 g/mol. The van der Waals surface area contributed by atoms with Crippen LogP contribution in [-0.2, 0) is 6.42 Å². The van der Waals surface area contributed by atoms with Gasteiger partial charge in [-0.25, -0.2) is 4.39 Å². The molecule has 0 bridgehead atoms. The van der Waals surface area contributed by atoms with Crippen molar-refractivity contribution in [1.29, 1.82) is 0 Å². The van der Waals surface area contributed by atoms with Crippen LogP contribution in [0, 0.1) is 5.82 Å². The van der Waals surface area contributed by atoms with Crippen LogP contribution in [0.4, 0.5) is 4.39 Å². The first-order valence-corrected chi connectivity index (χ1v) is 7.03. The predicted octanol–water partition coefficient (Wildman–Crippen LogP) is 3.46. The maximum atomic E-state index is 13.1. The number of hydrogen-bond donors (Lipinski definition) is 1. The lowest BCUT2D eigenvalue weighted by Gasteiger charge is -2.12. The Balaban J connectivity index is 2.13. The van der Waals surface area contributed by atoms with Crippen molar-refractivity contribution >= 4 is 11.6 Å². The monoisotopic (exact) mass is 297 g/mol. The van der Waals surface area contributed by atoms with Gasteiger partial charge < -0.3 is 9.84 Å². The smallest absolute Gasteiger partial charge is 0.228 e. The van der Waals surface area contributed by atoms with Crippen molar-refractivity contribution in [2.75, 3.05) is 6.54 Å². The zero-order valence-corrected chi connectivity index (χ0v) is 12.2. The predicted molar refractivity (Wildman–Crippen MR) is 76.2 cm³/mol. The minimum Gasteiger partial charge on any atom is -0.339 e. The molecule has 1 atom stereocenters. The Hall–Kier alpha value is -1.46. The molecule has 0 amide bonds. The minimum atomic E-state index is -0.461. The number of benzene rings is 1. The third-order valence-electron chi connectivity index (χ3n) is 3.05. The molecule has 1 unspecified atom stereocenters. The number of likely N-dealkylation sites (N-methyl/N-ethyl adjacent to an activating group) is 1. The van der Waals surface area contributed by atoms with Crippen molar-refractivity contribution in [3.05, 3.63) is 34.9 Å². The van der Waals surface area contributed by atoms with E-state index in [0.29, 0.717) is 29.7 Å². The first-order chi connectivity index (χ1) is 9.63. The van der Waals surface area contributed by atoms with Crippen LogP contribution in [-0.4, -0.2) is 22.7 Å². The van der Waals surface area contributed by atoms with E-state index >= 15 is 0 Å². The summed E-state index contributed by atoms with van der Waals surface area (Å²) in [7, 11) is 0. The second kappa shape index (κ2) is 6.81. The van der Waals surface area contributed by atoms with Crippen LogP contribution < -0.4 is 5.32 Å². The van der Waals surface area contributed by atoms with Crippen LogP contribution in [0.1, 0.15) is 26.2 Å². The molecule has 0 aliphatic heterocycles. The molecule has 0 saturated heterocycles. The van der Waals surface area contributed by atoms with Crippen molar-refractivity contribution < 1.29 is 8.91 Å². The van der Waals surface area contributed by atoms with E-state index in [4.69, 9.17) is 16.1 Å². The molecule has 4 nitrogen and oxygen atoms in total. The Kier molecular flexibility index (Phi) is 5.09. The lowest BCUT2D eigenvalue weighted by molar-refractivity contribution is 0.355. The second-order valence-corrected chi connectivity index (χ2v) is 4.91. The maximum Gasteiger partial charge on any atom is 0.228 e. The fourth-order valence-corrected chi connectivity index (χ4v) is 2.13. The second-order valence-electron chi connectivity index (χ2n) is 4.51. The molecule has 20 heavy (non-hydrogen) atoms. The van der Waals surface area contributed by atoms with E-state index in [-0.39, 0.29) is 5.02 Å². The van der Waals surface area contributed by atoms with Gasteiger partial charge in [0.05, 0.1) is 5.02 Å². The average Bonchev–Trinajstić information content (AvgIpc) is 2.90. The summed E-state index contributed by atoms with van der Waals surface area (Å²) >= 11 is 5.75. The summed E-state index contributed by atoms with van der Waals surface area (Å²) in [6.45, 7) is 5.06.